The summed E-state index contributed by atoms with van der Waals surface area (Å²) in [7, 11) is 0. The fraction of sp³-hybridized carbons (Fsp3) is 0.286. The van der Waals surface area contributed by atoms with Crippen LogP contribution in [0.3, 0.4) is 0 Å². The normalized spacial score (nSPS) is 12.8. The molecule has 0 fully saturated rings. The fourth-order valence-corrected chi connectivity index (χ4v) is 2.52. The molecule has 4 N–H and O–H groups in total. The molecule has 2 aromatic rings. The highest BCUT2D eigenvalue weighted by Gasteiger charge is 2.33. The number of aliphatic carboxylic acids is 1. The van der Waals surface area contributed by atoms with Crippen LogP contribution in [0.2, 0.25) is 5.02 Å². The molecule has 0 aliphatic heterocycles. The molecule has 140 valence electrons. The Balaban J connectivity index is 2.52. The summed E-state index contributed by atoms with van der Waals surface area (Å²) in [6.45, 7) is 1.34. The number of carbonyl (C=O) groups excluding carboxylic acids is 2. The molecule has 0 radical (unpaired) electrons. The largest absolute Gasteiger partial charge is 0.480 e. The number of imidazole rings is 1. The third-order valence-electron chi connectivity index (χ3n) is 3.40. The maximum atomic E-state index is 13.0. The lowest BCUT2D eigenvalue weighted by Crippen LogP contribution is -2.43. The second-order valence-corrected chi connectivity index (χ2v) is 5.76. The van der Waals surface area contributed by atoms with Crippen LogP contribution in [0, 0.1) is 6.92 Å². The Hall–Kier alpha value is -2.82. The minimum absolute atomic E-state index is 0.0203. The average Bonchev–Trinajstić information content (AvgIpc) is 2.81. The van der Waals surface area contributed by atoms with Gasteiger partial charge < -0.3 is 16.2 Å². The molecule has 1 unspecified atom stereocenters. The number of carboxylic acid groups (broad SMARTS) is 1. The predicted octanol–water partition coefficient (Wildman–Crippen LogP) is 1.37. The first-order valence-corrected chi connectivity index (χ1v) is 7.37. The van der Waals surface area contributed by atoms with Crippen molar-refractivity contribution in [1.82, 2.24) is 14.7 Å². The van der Waals surface area contributed by atoms with Crippen molar-refractivity contribution in [2.75, 3.05) is 0 Å². The molecule has 0 aliphatic carbocycles. The molecule has 0 spiro atoms. The fourth-order valence-electron chi connectivity index (χ4n) is 2.27. The van der Waals surface area contributed by atoms with E-state index in [-0.39, 0.29) is 22.1 Å². The van der Waals surface area contributed by atoms with Crippen molar-refractivity contribution in [3.63, 3.8) is 0 Å². The third-order valence-corrected chi connectivity index (χ3v) is 3.68. The minimum Gasteiger partial charge on any atom is -0.480 e. The Morgan fingerprint density at radius 3 is 2.54 bits per heavy atom. The molecular formula is C14H12ClF3N4O4. The lowest BCUT2D eigenvalue weighted by atomic mass is 10.2. The van der Waals surface area contributed by atoms with Gasteiger partial charge in [-0.1, -0.05) is 11.6 Å². The van der Waals surface area contributed by atoms with E-state index in [0.29, 0.717) is 12.3 Å². The van der Waals surface area contributed by atoms with Gasteiger partial charge in [0.2, 0.25) is 5.91 Å². The van der Waals surface area contributed by atoms with Crippen LogP contribution in [-0.4, -0.2) is 38.3 Å². The molecule has 2 amide bonds. The number of rotatable bonds is 5. The molecule has 1 atom stereocenters. The number of hydrogen-bond acceptors (Lipinski definition) is 4. The number of carboxylic acids is 1. The quantitative estimate of drug-likeness (QED) is 0.708. The van der Waals surface area contributed by atoms with Crippen molar-refractivity contribution in [3.05, 3.63) is 34.2 Å². The number of nitrogens with one attached hydrogen (secondary N) is 1. The molecule has 0 bridgehead atoms. The SMILES string of the molecule is Cc1nc2c(Cl)cc(C(F)(F)F)cn2c1C(=O)NC(CC(N)=O)C(=O)O. The first-order valence-electron chi connectivity index (χ1n) is 6.99. The van der Waals surface area contributed by atoms with Crippen LogP contribution in [0.4, 0.5) is 13.2 Å². The maximum absolute atomic E-state index is 13.0. The van der Waals surface area contributed by atoms with Gasteiger partial charge in [-0.05, 0) is 13.0 Å². The molecule has 26 heavy (non-hydrogen) atoms. The second-order valence-electron chi connectivity index (χ2n) is 5.35. The van der Waals surface area contributed by atoms with Gasteiger partial charge in [-0.15, -0.1) is 0 Å². The minimum atomic E-state index is -4.72. The summed E-state index contributed by atoms with van der Waals surface area (Å²) in [4.78, 5) is 38.4. The summed E-state index contributed by atoms with van der Waals surface area (Å²) in [6, 6.07) is -0.982. The summed E-state index contributed by atoms with van der Waals surface area (Å²) >= 11 is 5.81. The summed E-state index contributed by atoms with van der Waals surface area (Å²) in [5, 5.41) is 10.7. The Bertz CT molecular complexity index is 910. The number of pyridine rings is 1. The van der Waals surface area contributed by atoms with Gasteiger partial charge in [0, 0.05) is 6.20 Å². The summed E-state index contributed by atoms with van der Waals surface area (Å²) in [5.41, 5.74) is 3.37. The number of hydrogen-bond donors (Lipinski definition) is 3. The number of nitrogens with zero attached hydrogens (tertiary/aromatic N) is 2. The smallest absolute Gasteiger partial charge is 0.417 e. The van der Waals surface area contributed by atoms with Gasteiger partial charge in [-0.2, -0.15) is 13.2 Å². The van der Waals surface area contributed by atoms with E-state index in [1.54, 1.807) is 0 Å². The van der Waals surface area contributed by atoms with E-state index in [1.165, 1.54) is 6.92 Å². The van der Waals surface area contributed by atoms with E-state index in [4.69, 9.17) is 22.4 Å². The summed E-state index contributed by atoms with van der Waals surface area (Å²) < 4.78 is 39.7. The van der Waals surface area contributed by atoms with Gasteiger partial charge in [-0.3, -0.25) is 14.0 Å². The number of nitrogens with two attached hydrogens (primary N) is 1. The highest BCUT2D eigenvalue weighted by Crippen LogP contribution is 2.33. The number of aromatic nitrogens is 2. The number of alkyl halides is 3. The average molecular weight is 393 g/mol. The molecule has 0 saturated heterocycles. The number of halogens is 4. The van der Waals surface area contributed by atoms with E-state index in [2.05, 4.69) is 4.98 Å². The van der Waals surface area contributed by atoms with Gasteiger partial charge >= 0.3 is 12.1 Å². The van der Waals surface area contributed by atoms with Gasteiger partial charge in [0.15, 0.2) is 5.65 Å². The molecule has 2 heterocycles. The first-order chi connectivity index (χ1) is 11.9. The van der Waals surface area contributed by atoms with Gasteiger partial charge in [0.05, 0.1) is 22.7 Å². The lowest BCUT2D eigenvalue weighted by Gasteiger charge is -2.14. The number of aryl methyl sites for hydroxylation is 1. The van der Waals surface area contributed by atoms with E-state index >= 15 is 0 Å². The van der Waals surface area contributed by atoms with Crippen LogP contribution in [-0.2, 0) is 15.8 Å². The van der Waals surface area contributed by atoms with E-state index in [9.17, 15) is 27.6 Å². The monoisotopic (exact) mass is 392 g/mol. The summed E-state index contributed by atoms with van der Waals surface area (Å²) in [5.74, 6) is -3.55. The number of carbonyl (C=O) groups is 3. The maximum Gasteiger partial charge on any atom is 0.417 e. The molecule has 0 saturated carbocycles. The predicted molar refractivity (Wildman–Crippen MR) is 82.6 cm³/mol. The second kappa shape index (κ2) is 6.83. The first kappa shape index (κ1) is 19.5. The van der Waals surface area contributed by atoms with E-state index in [1.807, 2.05) is 5.32 Å². The standard InChI is InChI=1S/C14H12ClF3N4O4/c1-5-10(12(24)21-8(13(25)26)3-9(19)23)22-4-6(14(16,17)18)2-7(15)11(22)20-5/h2,4,8H,3H2,1H3,(H2,19,23)(H,21,24)(H,25,26). The van der Waals surface area contributed by atoms with E-state index < -0.39 is 42.0 Å². The number of amides is 2. The van der Waals surface area contributed by atoms with E-state index in [0.717, 1.165) is 4.40 Å². The Morgan fingerprint density at radius 2 is 2.04 bits per heavy atom. The molecule has 2 rings (SSSR count). The molecule has 12 heteroatoms. The highest BCUT2D eigenvalue weighted by molar-refractivity contribution is 6.33. The van der Waals surface area contributed by atoms with Crippen molar-refractivity contribution >= 4 is 35.0 Å². The third kappa shape index (κ3) is 3.87. The van der Waals surface area contributed by atoms with Crippen molar-refractivity contribution in [1.29, 1.82) is 0 Å². The highest BCUT2D eigenvalue weighted by atomic mass is 35.5. The van der Waals surface area contributed by atoms with Crippen molar-refractivity contribution < 1.29 is 32.7 Å². The molecule has 0 aromatic carbocycles. The molecule has 2 aromatic heterocycles. The van der Waals surface area contributed by atoms with Gasteiger partial charge in [-0.25, -0.2) is 9.78 Å². The summed E-state index contributed by atoms with van der Waals surface area (Å²) in [6.07, 6.45) is -4.79. The zero-order valence-electron chi connectivity index (χ0n) is 13.1. The van der Waals surface area contributed by atoms with Crippen LogP contribution >= 0.6 is 11.6 Å². The Morgan fingerprint density at radius 1 is 1.42 bits per heavy atom. The van der Waals surface area contributed by atoms with Crippen molar-refractivity contribution in [2.45, 2.75) is 25.6 Å². The van der Waals surface area contributed by atoms with Gasteiger partial charge in [0.25, 0.3) is 5.91 Å². The van der Waals surface area contributed by atoms with Crippen LogP contribution in [0.5, 0.6) is 0 Å². The topological polar surface area (TPSA) is 127 Å². The Kier molecular flexibility index (Phi) is 5.12. The zero-order chi connectivity index (χ0) is 19.8. The van der Waals surface area contributed by atoms with Crippen LogP contribution in [0.15, 0.2) is 12.3 Å². The molecule has 8 nitrogen and oxygen atoms in total. The molecular weight excluding hydrogens is 381 g/mol. The van der Waals surface area contributed by atoms with Crippen LogP contribution in [0.1, 0.15) is 28.2 Å². The van der Waals surface area contributed by atoms with Crippen molar-refractivity contribution in [2.24, 2.45) is 5.73 Å². The van der Waals surface area contributed by atoms with Gasteiger partial charge in [0.1, 0.15) is 11.7 Å². The zero-order valence-corrected chi connectivity index (χ0v) is 13.9. The Labute approximate surface area is 148 Å². The van der Waals surface area contributed by atoms with Crippen LogP contribution < -0.4 is 11.1 Å². The van der Waals surface area contributed by atoms with Crippen LogP contribution in [0.25, 0.3) is 5.65 Å². The number of fused-ring (bicyclic) bond motifs is 1. The number of primary amides is 1. The van der Waals surface area contributed by atoms with Crippen molar-refractivity contribution in [3.8, 4) is 0 Å². The molecule has 0 aliphatic rings. The lowest BCUT2D eigenvalue weighted by molar-refractivity contribution is -0.141.